The summed E-state index contributed by atoms with van der Waals surface area (Å²) in [7, 11) is 1.51. The van der Waals surface area contributed by atoms with E-state index < -0.39 is 0 Å². The Balaban J connectivity index is 1.41. The quantitative estimate of drug-likeness (QED) is 0.369. The van der Waals surface area contributed by atoms with Gasteiger partial charge in [-0.05, 0) is 48.2 Å². The summed E-state index contributed by atoms with van der Waals surface area (Å²) in [6, 6.07) is 17.9. The fraction of sp³-hybridized carbons (Fsp3) is 0.214. The van der Waals surface area contributed by atoms with Crippen LogP contribution in [0.2, 0.25) is 5.02 Å². The van der Waals surface area contributed by atoms with E-state index >= 15 is 0 Å². The first-order valence-electron chi connectivity index (χ1n) is 11.7. The number of hydrogen-bond donors (Lipinski definition) is 1. The van der Waals surface area contributed by atoms with Gasteiger partial charge in [0.2, 0.25) is 0 Å². The first kappa shape index (κ1) is 23.8. The van der Waals surface area contributed by atoms with Crippen LogP contribution in [0, 0.1) is 13.8 Å². The van der Waals surface area contributed by atoms with E-state index in [2.05, 4.69) is 53.6 Å². The molecule has 1 atom stereocenters. The highest BCUT2D eigenvalue weighted by molar-refractivity contribution is 6.34. The summed E-state index contributed by atoms with van der Waals surface area (Å²) >= 11 is 6.56. The van der Waals surface area contributed by atoms with E-state index in [0.29, 0.717) is 18.0 Å². The molecule has 182 valence electrons. The zero-order valence-corrected chi connectivity index (χ0v) is 21.1. The van der Waals surface area contributed by atoms with Gasteiger partial charge >= 0.3 is 0 Å². The Hall–Kier alpha value is -3.97. The van der Waals surface area contributed by atoms with Gasteiger partial charge in [0.05, 0.1) is 23.5 Å². The summed E-state index contributed by atoms with van der Waals surface area (Å²) in [4.78, 5) is 18.3. The lowest BCUT2D eigenvalue weighted by Crippen LogP contribution is -2.32. The maximum Gasteiger partial charge on any atom is 0.256 e. The SMILES string of the molecule is COc1cc(-n2cnnc2)cc(Cl)c1C(=O)NCC(C1=Nc2cc(C)c(C)cc2C1)c1ccccc1. The van der Waals surface area contributed by atoms with Crippen LogP contribution in [-0.4, -0.2) is 40.0 Å². The normalized spacial score (nSPS) is 13.2. The lowest BCUT2D eigenvalue weighted by molar-refractivity contribution is 0.0950. The minimum atomic E-state index is -0.309. The first-order valence-corrected chi connectivity index (χ1v) is 12.1. The van der Waals surface area contributed by atoms with Crippen molar-refractivity contribution in [2.24, 2.45) is 4.99 Å². The minimum Gasteiger partial charge on any atom is -0.496 e. The zero-order chi connectivity index (χ0) is 25.2. The smallest absolute Gasteiger partial charge is 0.256 e. The van der Waals surface area contributed by atoms with Crippen LogP contribution >= 0.6 is 11.6 Å². The molecule has 1 aliphatic heterocycles. The molecule has 3 aromatic carbocycles. The van der Waals surface area contributed by atoms with E-state index in [1.807, 2.05) is 18.2 Å². The number of aryl methyl sites for hydroxylation is 2. The third-order valence-corrected chi connectivity index (χ3v) is 6.90. The lowest BCUT2D eigenvalue weighted by Gasteiger charge is -2.20. The predicted octanol–water partition coefficient (Wildman–Crippen LogP) is 5.39. The van der Waals surface area contributed by atoms with Crippen LogP contribution in [0.15, 0.2) is 72.2 Å². The summed E-state index contributed by atoms with van der Waals surface area (Å²) in [5.41, 5.74) is 7.81. The number of hydrogen-bond acceptors (Lipinski definition) is 5. The maximum absolute atomic E-state index is 13.4. The number of benzene rings is 3. The highest BCUT2D eigenvalue weighted by Gasteiger charge is 2.26. The van der Waals surface area contributed by atoms with Gasteiger partial charge in [-0.1, -0.05) is 48.0 Å². The number of halogens is 1. The van der Waals surface area contributed by atoms with E-state index in [9.17, 15) is 4.79 Å². The van der Waals surface area contributed by atoms with Crippen molar-refractivity contribution in [3.05, 3.63) is 100 Å². The van der Waals surface area contributed by atoms with Crippen molar-refractivity contribution in [3.63, 3.8) is 0 Å². The summed E-state index contributed by atoms with van der Waals surface area (Å²) in [6.45, 7) is 4.60. The number of nitrogens with zero attached hydrogens (tertiary/aromatic N) is 4. The van der Waals surface area contributed by atoms with Crippen LogP contribution in [0.3, 0.4) is 0 Å². The molecule has 0 radical (unpaired) electrons. The summed E-state index contributed by atoms with van der Waals surface area (Å²) in [5, 5.41) is 11.0. The van der Waals surface area contributed by atoms with E-state index in [1.54, 1.807) is 29.4 Å². The number of ether oxygens (including phenoxy) is 1. The van der Waals surface area contributed by atoms with Crippen LogP contribution < -0.4 is 10.1 Å². The summed E-state index contributed by atoms with van der Waals surface area (Å²) in [5.74, 6) is -0.0170. The molecule has 0 fully saturated rings. The number of aromatic nitrogens is 3. The largest absolute Gasteiger partial charge is 0.496 e. The van der Waals surface area contributed by atoms with Crippen molar-refractivity contribution in [3.8, 4) is 11.4 Å². The number of carbonyl (C=O) groups excluding carboxylic acids is 1. The molecule has 0 saturated heterocycles. The summed E-state index contributed by atoms with van der Waals surface area (Å²) in [6.07, 6.45) is 3.86. The van der Waals surface area contributed by atoms with Crippen LogP contribution in [0.4, 0.5) is 5.69 Å². The summed E-state index contributed by atoms with van der Waals surface area (Å²) < 4.78 is 7.21. The molecular formula is C28H26ClN5O2. The van der Waals surface area contributed by atoms with Crippen molar-refractivity contribution in [1.29, 1.82) is 0 Å². The van der Waals surface area contributed by atoms with Gasteiger partial charge in [0.1, 0.15) is 24.0 Å². The number of carbonyl (C=O) groups is 1. The molecule has 0 spiro atoms. The number of nitrogens with one attached hydrogen (secondary N) is 1. The van der Waals surface area contributed by atoms with Gasteiger partial charge in [0, 0.05) is 30.7 Å². The molecular weight excluding hydrogens is 474 g/mol. The Morgan fingerprint density at radius 1 is 1.08 bits per heavy atom. The van der Waals surface area contributed by atoms with Crippen molar-refractivity contribution < 1.29 is 9.53 Å². The molecule has 4 aromatic rings. The molecule has 0 aliphatic carbocycles. The second kappa shape index (κ2) is 9.95. The molecule has 1 N–H and O–H groups in total. The maximum atomic E-state index is 13.4. The number of rotatable bonds is 7. The standard InChI is InChI=1S/C28H26ClN5O2/c1-17-9-20-11-25(33-24(20)10-18(17)2)22(19-7-5-4-6-8-19)14-30-28(35)27-23(29)12-21(13-26(27)36-3)34-15-31-32-16-34/h4-10,12-13,15-16,22H,11,14H2,1-3H3,(H,30,35). The Morgan fingerprint density at radius 2 is 1.81 bits per heavy atom. The monoisotopic (exact) mass is 499 g/mol. The number of methoxy groups -OCH3 is 1. The average Bonchev–Trinajstić information content (AvgIpc) is 3.55. The van der Waals surface area contributed by atoms with Crippen LogP contribution in [0.1, 0.15) is 38.5 Å². The van der Waals surface area contributed by atoms with Gasteiger partial charge in [-0.15, -0.1) is 10.2 Å². The van der Waals surface area contributed by atoms with Crippen LogP contribution in [-0.2, 0) is 6.42 Å². The van der Waals surface area contributed by atoms with E-state index in [0.717, 1.165) is 23.4 Å². The first-order chi connectivity index (χ1) is 17.4. The van der Waals surface area contributed by atoms with Crippen molar-refractivity contribution in [1.82, 2.24) is 20.1 Å². The van der Waals surface area contributed by atoms with E-state index in [4.69, 9.17) is 21.3 Å². The van der Waals surface area contributed by atoms with Crippen molar-refractivity contribution in [2.75, 3.05) is 13.7 Å². The molecule has 0 bridgehead atoms. The second-order valence-electron chi connectivity index (χ2n) is 8.89. The van der Waals surface area contributed by atoms with E-state index in [1.165, 1.54) is 23.8 Å². The lowest BCUT2D eigenvalue weighted by atomic mass is 9.91. The zero-order valence-electron chi connectivity index (χ0n) is 20.3. The second-order valence-corrected chi connectivity index (χ2v) is 9.30. The van der Waals surface area contributed by atoms with Crippen LogP contribution in [0.5, 0.6) is 5.75 Å². The molecule has 1 aromatic heterocycles. The predicted molar refractivity (Wildman–Crippen MR) is 141 cm³/mol. The molecule has 5 rings (SSSR count). The van der Waals surface area contributed by atoms with Crippen molar-refractivity contribution in [2.45, 2.75) is 26.2 Å². The fourth-order valence-electron chi connectivity index (χ4n) is 4.53. The van der Waals surface area contributed by atoms with Gasteiger partial charge in [0.15, 0.2) is 0 Å². The van der Waals surface area contributed by atoms with Gasteiger partial charge in [-0.2, -0.15) is 0 Å². The third-order valence-electron chi connectivity index (χ3n) is 6.60. The Kier molecular flexibility index (Phi) is 6.57. The third kappa shape index (κ3) is 4.62. The Bertz CT molecular complexity index is 1450. The van der Waals surface area contributed by atoms with Crippen molar-refractivity contribution >= 4 is 28.9 Å². The molecule has 1 amide bonds. The number of aliphatic imine (C=N–C) groups is 1. The fourth-order valence-corrected chi connectivity index (χ4v) is 4.82. The molecule has 8 heteroatoms. The molecule has 0 saturated carbocycles. The number of fused-ring (bicyclic) bond motifs is 1. The highest BCUT2D eigenvalue weighted by Crippen LogP contribution is 2.34. The minimum absolute atomic E-state index is 0.0794. The molecule has 1 unspecified atom stereocenters. The molecule has 1 aliphatic rings. The van der Waals surface area contributed by atoms with E-state index in [-0.39, 0.29) is 22.4 Å². The van der Waals surface area contributed by atoms with Gasteiger partial charge in [-0.25, -0.2) is 0 Å². The Morgan fingerprint density at radius 3 is 2.53 bits per heavy atom. The topological polar surface area (TPSA) is 81.4 Å². The molecule has 36 heavy (non-hydrogen) atoms. The highest BCUT2D eigenvalue weighted by atomic mass is 35.5. The Labute approximate surface area is 214 Å². The van der Waals surface area contributed by atoms with Gasteiger partial charge in [-0.3, -0.25) is 14.4 Å². The number of amides is 1. The molecule has 2 heterocycles. The van der Waals surface area contributed by atoms with Gasteiger partial charge in [0.25, 0.3) is 5.91 Å². The molecule has 7 nitrogen and oxygen atoms in total. The van der Waals surface area contributed by atoms with Gasteiger partial charge < -0.3 is 10.1 Å². The average molecular weight is 500 g/mol. The van der Waals surface area contributed by atoms with Crippen LogP contribution in [0.25, 0.3) is 5.69 Å².